The average molecular weight is 284 g/mol. The number of ether oxygens (including phenoxy) is 1. The lowest BCUT2D eigenvalue weighted by Crippen LogP contribution is -2.36. The Kier molecular flexibility index (Phi) is 3.49. The number of hydrogen-bond donors (Lipinski definition) is 0. The second-order valence-electron chi connectivity index (χ2n) is 3.78. The highest BCUT2D eigenvalue weighted by molar-refractivity contribution is 9.10. The molecule has 0 unspecified atom stereocenters. The zero-order chi connectivity index (χ0) is 11.5. The summed E-state index contributed by atoms with van der Waals surface area (Å²) in [7, 11) is 0. The van der Waals surface area contributed by atoms with Crippen molar-refractivity contribution in [3.8, 4) is 0 Å². The first-order chi connectivity index (χ1) is 7.70. The lowest BCUT2D eigenvalue weighted by molar-refractivity contribution is 0.102. The van der Waals surface area contributed by atoms with Gasteiger partial charge in [-0.3, -0.25) is 0 Å². The van der Waals surface area contributed by atoms with Crippen molar-refractivity contribution in [3.63, 3.8) is 0 Å². The summed E-state index contributed by atoms with van der Waals surface area (Å²) in [6.07, 6.45) is 0.689. The van der Waals surface area contributed by atoms with E-state index in [1.807, 2.05) is 13.0 Å². The zero-order valence-electron chi connectivity index (χ0n) is 9.20. The van der Waals surface area contributed by atoms with Crippen LogP contribution in [0, 0.1) is 0 Å². The first kappa shape index (κ1) is 11.5. The minimum atomic E-state index is -0.215. The van der Waals surface area contributed by atoms with E-state index in [0.29, 0.717) is 13.2 Å². The average Bonchev–Trinajstić information content (AvgIpc) is 2.28. The molecule has 1 aliphatic rings. The number of amides is 1. The van der Waals surface area contributed by atoms with Gasteiger partial charge in [-0.05, 0) is 36.6 Å². The molecule has 0 saturated carbocycles. The van der Waals surface area contributed by atoms with Crippen LogP contribution in [0.1, 0.15) is 18.1 Å². The van der Waals surface area contributed by atoms with Gasteiger partial charge in [0.1, 0.15) is 0 Å². The van der Waals surface area contributed by atoms with Crippen LogP contribution >= 0.6 is 15.9 Å². The van der Waals surface area contributed by atoms with Crippen molar-refractivity contribution < 1.29 is 9.53 Å². The van der Waals surface area contributed by atoms with Crippen LogP contribution < -0.4 is 0 Å². The van der Waals surface area contributed by atoms with Gasteiger partial charge in [-0.1, -0.05) is 22.0 Å². The van der Waals surface area contributed by atoms with Crippen molar-refractivity contribution in [1.82, 2.24) is 4.90 Å². The van der Waals surface area contributed by atoms with Crippen molar-refractivity contribution in [2.24, 2.45) is 0 Å². The summed E-state index contributed by atoms with van der Waals surface area (Å²) < 4.78 is 6.05. The fourth-order valence-corrected chi connectivity index (χ4v) is 2.30. The van der Waals surface area contributed by atoms with Gasteiger partial charge in [0.05, 0.1) is 6.61 Å². The third-order valence-electron chi connectivity index (χ3n) is 2.71. The van der Waals surface area contributed by atoms with Gasteiger partial charge in [0.15, 0.2) is 0 Å². The van der Waals surface area contributed by atoms with E-state index in [1.54, 1.807) is 4.90 Å². The first-order valence-electron chi connectivity index (χ1n) is 5.39. The number of hydrogen-bond acceptors (Lipinski definition) is 2. The van der Waals surface area contributed by atoms with E-state index in [9.17, 15) is 4.79 Å². The van der Waals surface area contributed by atoms with Gasteiger partial charge >= 0.3 is 6.09 Å². The Morgan fingerprint density at radius 2 is 2.31 bits per heavy atom. The minimum absolute atomic E-state index is 0.215. The Morgan fingerprint density at radius 1 is 1.50 bits per heavy atom. The van der Waals surface area contributed by atoms with Crippen LogP contribution in [-0.4, -0.2) is 24.1 Å². The molecule has 86 valence electrons. The van der Waals surface area contributed by atoms with E-state index >= 15 is 0 Å². The fraction of sp³-hybridized carbons (Fsp3) is 0.417. The molecule has 0 radical (unpaired) electrons. The van der Waals surface area contributed by atoms with E-state index in [1.165, 1.54) is 11.1 Å². The smallest absolute Gasteiger partial charge is 0.410 e. The van der Waals surface area contributed by atoms with Crippen LogP contribution in [0.5, 0.6) is 0 Å². The minimum Gasteiger partial charge on any atom is -0.450 e. The Balaban J connectivity index is 2.13. The first-order valence-corrected chi connectivity index (χ1v) is 6.19. The Bertz CT molecular complexity index is 406. The third-order valence-corrected chi connectivity index (χ3v) is 3.20. The number of rotatable bonds is 1. The summed E-state index contributed by atoms with van der Waals surface area (Å²) in [5.74, 6) is 0. The van der Waals surface area contributed by atoms with Crippen molar-refractivity contribution in [2.75, 3.05) is 13.2 Å². The van der Waals surface area contributed by atoms with E-state index < -0.39 is 0 Å². The third kappa shape index (κ3) is 2.38. The summed E-state index contributed by atoms with van der Waals surface area (Å²) in [5, 5.41) is 0. The molecule has 0 N–H and O–H groups in total. The molecular weight excluding hydrogens is 270 g/mol. The molecule has 1 aliphatic heterocycles. The summed E-state index contributed by atoms with van der Waals surface area (Å²) in [6, 6.07) is 6.22. The second-order valence-corrected chi connectivity index (χ2v) is 4.70. The molecule has 0 saturated heterocycles. The maximum atomic E-state index is 11.6. The van der Waals surface area contributed by atoms with Gasteiger partial charge < -0.3 is 9.64 Å². The fourth-order valence-electron chi connectivity index (χ4n) is 1.90. The summed E-state index contributed by atoms with van der Waals surface area (Å²) >= 11 is 3.44. The molecule has 4 heteroatoms. The number of benzene rings is 1. The molecule has 16 heavy (non-hydrogen) atoms. The van der Waals surface area contributed by atoms with Gasteiger partial charge in [0.2, 0.25) is 0 Å². The van der Waals surface area contributed by atoms with Crippen LogP contribution in [0.2, 0.25) is 0 Å². The van der Waals surface area contributed by atoms with Gasteiger partial charge in [0, 0.05) is 17.6 Å². The predicted molar refractivity (Wildman–Crippen MR) is 65.3 cm³/mol. The number of fused-ring (bicyclic) bond motifs is 1. The van der Waals surface area contributed by atoms with E-state index in [2.05, 4.69) is 28.1 Å². The largest absolute Gasteiger partial charge is 0.450 e. The van der Waals surface area contributed by atoms with Gasteiger partial charge in [-0.15, -0.1) is 0 Å². The molecule has 0 spiro atoms. The van der Waals surface area contributed by atoms with Crippen molar-refractivity contribution in [3.05, 3.63) is 33.8 Å². The zero-order valence-corrected chi connectivity index (χ0v) is 10.8. The monoisotopic (exact) mass is 283 g/mol. The molecule has 1 aromatic carbocycles. The normalized spacial score (nSPS) is 14.5. The van der Waals surface area contributed by atoms with E-state index in [4.69, 9.17) is 4.74 Å². The van der Waals surface area contributed by atoms with E-state index in [-0.39, 0.29) is 6.09 Å². The highest BCUT2D eigenvalue weighted by Crippen LogP contribution is 2.23. The molecule has 1 heterocycles. The van der Waals surface area contributed by atoms with Crippen LogP contribution in [-0.2, 0) is 17.7 Å². The standard InChI is InChI=1S/C12H14BrNO2/c1-2-16-12(15)14-6-5-9-3-4-11(13)7-10(9)8-14/h3-4,7H,2,5-6,8H2,1H3. The van der Waals surface area contributed by atoms with Crippen molar-refractivity contribution in [1.29, 1.82) is 0 Å². The summed E-state index contributed by atoms with van der Waals surface area (Å²) in [4.78, 5) is 13.3. The van der Waals surface area contributed by atoms with Crippen LogP contribution in [0.3, 0.4) is 0 Å². The second kappa shape index (κ2) is 4.87. The van der Waals surface area contributed by atoms with Crippen LogP contribution in [0.4, 0.5) is 4.79 Å². The molecule has 0 atom stereocenters. The number of carbonyl (C=O) groups excluding carboxylic acids is 1. The number of carbonyl (C=O) groups is 1. The molecule has 0 aromatic heterocycles. The molecule has 1 aromatic rings. The van der Waals surface area contributed by atoms with E-state index in [0.717, 1.165) is 17.4 Å². The van der Waals surface area contributed by atoms with Crippen LogP contribution in [0.25, 0.3) is 0 Å². The molecule has 0 bridgehead atoms. The summed E-state index contributed by atoms with van der Waals surface area (Å²) in [6.45, 7) is 3.65. The molecule has 0 fully saturated rings. The van der Waals surface area contributed by atoms with Crippen molar-refractivity contribution in [2.45, 2.75) is 19.9 Å². The molecular formula is C12H14BrNO2. The van der Waals surface area contributed by atoms with Crippen molar-refractivity contribution >= 4 is 22.0 Å². The maximum absolute atomic E-state index is 11.6. The summed E-state index contributed by atoms with van der Waals surface area (Å²) in [5.41, 5.74) is 2.53. The molecule has 0 aliphatic carbocycles. The predicted octanol–water partition coefficient (Wildman–Crippen LogP) is 2.96. The van der Waals surface area contributed by atoms with Gasteiger partial charge in [-0.2, -0.15) is 0 Å². The van der Waals surface area contributed by atoms with Gasteiger partial charge in [-0.25, -0.2) is 4.79 Å². The quantitative estimate of drug-likeness (QED) is 0.793. The van der Waals surface area contributed by atoms with Crippen LogP contribution in [0.15, 0.2) is 22.7 Å². The number of halogens is 1. The highest BCUT2D eigenvalue weighted by atomic mass is 79.9. The Hall–Kier alpha value is -1.03. The molecule has 1 amide bonds. The topological polar surface area (TPSA) is 29.5 Å². The Labute approximate surface area is 104 Å². The SMILES string of the molecule is CCOC(=O)N1CCc2ccc(Br)cc2C1. The Morgan fingerprint density at radius 3 is 3.06 bits per heavy atom. The number of nitrogens with zero attached hydrogens (tertiary/aromatic N) is 1. The highest BCUT2D eigenvalue weighted by Gasteiger charge is 2.21. The lowest BCUT2D eigenvalue weighted by Gasteiger charge is -2.28. The lowest BCUT2D eigenvalue weighted by atomic mass is 10.0. The molecule has 3 nitrogen and oxygen atoms in total. The molecule has 2 rings (SSSR count). The van der Waals surface area contributed by atoms with Gasteiger partial charge in [0.25, 0.3) is 0 Å². The maximum Gasteiger partial charge on any atom is 0.410 e.